The van der Waals surface area contributed by atoms with Gasteiger partial charge in [-0.3, -0.25) is 4.79 Å². The van der Waals surface area contributed by atoms with Gasteiger partial charge in [-0.15, -0.1) is 0 Å². The lowest BCUT2D eigenvalue weighted by atomic mass is 10.1. The molecule has 3 rings (SSSR count). The van der Waals surface area contributed by atoms with E-state index in [9.17, 15) is 4.79 Å². The van der Waals surface area contributed by atoms with Gasteiger partial charge in [0.1, 0.15) is 0 Å². The highest BCUT2D eigenvalue weighted by molar-refractivity contribution is 5.90. The van der Waals surface area contributed by atoms with Gasteiger partial charge in [0.2, 0.25) is 5.91 Å². The summed E-state index contributed by atoms with van der Waals surface area (Å²) in [5, 5.41) is 1.13. The molecule has 0 atom stereocenters. The number of hydrogen-bond acceptors (Lipinski definition) is 2. The molecule has 1 aliphatic rings. The second kappa shape index (κ2) is 4.61. The normalized spacial score (nSPS) is 15.3. The molecule has 4 nitrogen and oxygen atoms in total. The molecule has 1 saturated heterocycles. The van der Waals surface area contributed by atoms with E-state index in [2.05, 4.69) is 27.7 Å². The summed E-state index contributed by atoms with van der Waals surface area (Å²) in [5.74, 6) is -0.281. The number of fused-ring (bicyclic) bond motifs is 1. The average molecular weight is 257 g/mol. The number of carbonyl (C=O) groups is 1. The second-order valence-electron chi connectivity index (χ2n) is 5.30. The molecule has 1 aromatic heterocycles. The molecule has 2 N–H and O–H groups in total. The summed E-state index contributed by atoms with van der Waals surface area (Å²) in [6.45, 7) is 2.29. The Labute approximate surface area is 112 Å². The molecule has 1 aliphatic heterocycles. The number of primary amides is 1. The third kappa shape index (κ3) is 2.18. The SMILES string of the molecule is Cn1cc(CC(N)=O)c2ccc(N3CCCC3)cc21. The Kier molecular flexibility index (Phi) is 2.93. The smallest absolute Gasteiger partial charge is 0.221 e. The Bertz CT molecular complexity index is 624. The van der Waals surface area contributed by atoms with Gasteiger partial charge < -0.3 is 15.2 Å². The maximum absolute atomic E-state index is 11.1. The Hall–Kier alpha value is -1.97. The zero-order valence-electron chi connectivity index (χ0n) is 11.2. The molecular formula is C15H19N3O. The van der Waals surface area contributed by atoms with E-state index < -0.39 is 0 Å². The van der Waals surface area contributed by atoms with Crippen LogP contribution < -0.4 is 10.6 Å². The number of aryl methyl sites for hydroxylation is 1. The van der Waals surface area contributed by atoms with Gasteiger partial charge in [0.05, 0.1) is 11.9 Å². The molecule has 0 radical (unpaired) electrons. The lowest BCUT2D eigenvalue weighted by Gasteiger charge is -2.17. The largest absolute Gasteiger partial charge is 0.371 e. The molecule has 100 valence electrons. The van der Waals surface area contributed by atoms with Crippen molar-refractivity contribution in [2.75, 3.05) is 18.0 Å². The Balaban J connectivity index is 2.03. The van der Waals surface area contributed by atoms with Crippen molar-refractivity contribution in [3.63, 3.8) is 0 Å². The van der Waals surface area contributed by atoms with E-state index in [1.807, 2.05) is 13.2 Å². The number of aromatic nitrogens is 1. The zero-order chi connectivity index (χ0) is 13.4. The highest BCUT2D eigenvalue weighted by Gasteiger charge is 2.15. The van der Waals surface area contributed by atoms with E-state index in [1.165, 1.54) is 24.0 Å². The number of benzene rings is 1. The molecule has 19 heavy (non-hydrogen) atoms. The van der Waals surface area contributed by atoms with Crippen LogP contribution in [0.3, 0.4) is 0 Å². The lowest BCUT2D eigenvalue weighted by molar-refractivity contribution is -0.117. The molecule has 4 heteroatoms. The molecule has 0 unspecified atom stereocenters. The molecule has 2 heterocycles. The Morgan fingerprint density at radius 2 is 2.05 bits per heavy atom. The first kappa shape index (κ1) is 12.1. The van der Waals surface area contributed by atoms with Gasteiger partial charge in [0.15, 0.2) is 0 Å². The maximum Gasteiger partial charge on any atom is 0.221 e. The number of nitrogens with two attached hydrogens (primary N) is 1. The summed E-state index contributed by atoms with van der Waals surface area (Å²) in [6.07, 6.45) is 4.86. The molecule has 1 amide bonds. The van der Waals surface area contributed by atoms with Crippen molar-refractivity contribution in [3.05, 3.63) is 30.0 Å². The van der Waals surface area contributed by atoms with E-state index >= 15 is 0 Å². The minimum absolute atomic E-state index is 0.281. The van der Waals surface area contributed by atoms with Crippen LogP contribution in [0.5, 0.6) is 0 Å². The van der Waals surface area contributed by atoms with Crippen molar-refractivity contribution in [2.45, 2.75) is 19.3 Å². The van der Waals surface area contributed by atoms with E-state index in [1.54, 1.807) is 0 Å². The van der Waals surface area contributed by atoms with Crippen molar-refractivity contribution >= 4 is 22.5 Å². The third-order valence-electron chi connectivity index (χ3n) is 3.89. The predicted molar refractivity (Wildman–Crippen MR) is 77.3 cm³/mol. The van der Waals surface area contributed by atoms with Gasteiger partial charge >= 0.3 is 0 Å². The van der Waals surface area contributed by atoms with Crippen LogP contribution in [0.15, 0.2) is 24.4 Å². The fourth-order valence-corrected chi connectivity index (χ4v) is 2.96. The molecule has 0 aliphatic carbocycles. The van der Waals surface area contributed by atoms with Gasteiger partial charge in [0.25, 0.3) is 0 Å². The third-order valence-corrected chi connectivity index (χ3v) is 3.89. The highest BCUT2D eigenvalue weighted by Crippen LogP contribution is 2.28. The molecule has 0 saturated carbocycles. The predicted octanol–water partition coefficient (Wildman–Crippen LogP) is 1.81. The van der Waals surface area contributed by atoms with Crippen LogP contribution in [0.1, 0.15) is 18.4 Å². The van der Waals surface area contributed by atoms with Crippen LogP contribution >= 0.6 is 0 Å². The number of amides is 1. The lowest BCUT2D eigenvalue weighted by Crippen LogP contribution is -2.17. The number of hydrogen-bond donors (Lipinski definition) is 1. The van der Waals surface area contributed by atoms with E-state index in [4.69, 9.17) is 5.73 Å². The van der Waals surface area contributed by atoms with Crippen molar-refractivity contribution in [2.24, 2.45) is 12.8 Å². The monoisotopic (exact) mass is 257 g/mol. The van der Waals surface area contributed by atoms with E-state index in [0.717, 1.165) is 24.0 Å². The summed E-state index contributed by atoms with van der Waals surface area (Å²) in [7, 11) is 2.01. The highest BCUT2D eigenvalue weighted by atomic mass is 16.1. The van der Waals surface area contributed by atoms with Crippen molar-refractivity contribution in [3.8, 4) is 0 Å². The second-order valence-corrected chi connectivity index (χ2v) is 5.30. The summed E-state index contributed by atoms with van der Waals surface area (Å²) in [6, 6.07) is 6.48. The maximum atomic E-state index is 11.1. The molecular weight excluding hydrogens is 238 g/mol. The van der Waals surface area contributed by atoms with Crippen molar-refractivity contribution < 1.29 is 4.79 Å². The van der Waals surface area contributed by atoms with Crippen LogP contribution in [0.2, 0.25) is 0 Å². The van der Waals surface area contributed by atoms with Gasteiger partial charge in [-0.05, 0) is 30.5 Å². The Morgan fingerprint density at radius 1 is 1.32 bits per heavy atom. The number of nitrogens with zero attached hydrogens (tertiary/aromatic N) is 2. The minimum atomic E-state index is -0.281. The fourth-order valence-electron chi connectivity index (χ4n) is 2.96. The van der Waals surface area contributed by atoms with Gasteiger partial charge in [-0.1, -0.05) is 6.07 Å². The fraction of sp³-hybridized carbons (Fsp3) is 0.400. The first-order valence-electron chi connectivity index (χ1n) is 6.76. The number of anilines is 1. The minimum Gasteiger partial charge on any atom is -0.371 e. The quantitative estimate of drug-likeness (QED) is 0.911. The standard InChI is InChI=1S/C15H19N3O/c1-17-10-11(8-15(16)19)13-5-4-12(9-14(13)17)18-6-2-3-7-18/h4-5,9-10H,2-3,6-8H2,1H3,(H2,16,19). The average Bonchev–Trinajstić information content (AvgIpc) is 2.98. The van der Waals surface area contributed by atoms with E-state index in [0.29, 0.717) is 6.42 Å². The summed E-state index contributed by atoms with van der Waals surface area (Å²) in [5.41, 5.74) is 8.75. The molecule has 2 aromatic rings. The zero-order valence-corrected chi connectivity index (χ0v) is 11.2. The van der Waals surface area contributed by atoms with E-state index in [-0.39, 0.29) is 5.91 Å². The number of carbonyl (C=O) groups excluding carboxylic acids is 1. The summed E-state index contributed by atoms with van der Waals surface area (Å²) < 4.78 is 2.08. The van der Waals surface area contributed by atoms with Crippen LogP contribution in [0.25, 0.3) is 10.9 Å². The topological polar surface area (TPSA) is 51.3 Å². The van der Waals surface area contributed by atoms with Crippen LogP contribution in [-0.2, 0) is 18.3 Å². The van der Waals surface area contributed by atoms with Gasteiger partial charge in [-0.25, -0.2) is 0 Å². The summed E-state index contributed by atoms with van der Waals surface area (Å²) >= 11 is 0. The van der Waals surface area contributed by atoms with Gasteiger partial charge in [-0.2, -0.15) is 0 Å². The molecule has 0 spiro atoms. The van der Waals surface area contributed by atoms with Crippen molar-refractivity contribution in [1.29, 1.82) is 0 Å². The first-order valence-corrected chi connectivity index (χ1v) is 6.76. The first-order chi connectivity index (χ1) is 9.15. The Morgan fingerprint density at radius 3 is 2.74 bits per heavy atom. The molecule has 1 fully saturated rings. The number of rotatable bonds is 3. The van der Waals surface area contributed by atoms with Crippen LogP contribution in [-0.4, -0.2) is 23.6 Å². The summed E-state index contributed by atoms with van der Waals surface area (Å²) in [4.78, 5) is 13.5. The molecule has 0 bridgehead atoms. The molecule has 1 aromatic carbocycles. The van der Waals surface area contributed by atoms with Crippen LogP contribution in [0.4, 0.5) is 5.69 Å². The van der Waals surface area contributed by atoms with Crippen molar-refractivity contribution in [1.82, 2.24) is 4.57 Å². The van der Waals surface area contributed by atoms with Gasteiger partial charge in [0, 0.05) is 37.4 Å². The van der Waals surface area contributed by atoms with Crippen LogP contribution in [0, 0.1) is 0 Å².